The molecule has 6 heteroatoms. The standard InChI is InChI=1S/C14H10BrN3O2/c15-11-4-1-9(2-5-11)7-13-17-16-12-6-3-10(14(19)20)8-18(12)13/h1-6,8H,7H2,(H,19,20). The minimum Gasteiger partial charge on any atom is -0.478 e. The van der Waals surface area contributed by atoms with E-state index in [1.165, 1.54) is 6.07 Å². The Morgan fingerprint density at radius 1 is 1.15 bits per heavy atom. The summed E-state index contributed by atoms with van der Waals surface area (Å²) >= 11 is 3.39. The lowest BCUT2D eigenvalue weighted by molar-refractivity contribution is 0.0696. The molecule has 0 aliphatic rings. The highest BCUT2D eigenvalue weighted by Crippen LogP contribution is 2.14. The summed E-state index contributed by atoms with van der Waals surface area (Å²) in [5.74, 6) is -0.249. The number of benzene rings is 1. The maximum atomic E-state index is 11.0. The van der Waals surface area contributed by atoms with Gasteiger partial charge in [-0.05, 0) is 29.8 Å². The van der Waals surface area contributed by atoms with Crippen LogP contribution < -0.4 is 0 Å². The normalized spacial score (nSPS) is 10.8. The molecule has 0 amide bonds. The van der Waals surface area contributed by atoms with Crippen LogP contribution in [-0.2, 0) is 6.42 Å². The highest BCUT2D eigenvalue weighted by atomic mass is 79.9. The van der Waals surface area contributed by atoms with E-state index >= 15 is 0 Å². The SMILES string of the molecule is O=C(O)c1ccc2nnc(Cc3ccc(Br)cc3)n2c1. The van der Waals surface area contributed by atoms with Crippen molar-refractivity contribution >= 4 is 27.5 Å². The molecule has 3 aromatic rings. The molecule has 0 saturated heterocycles. The fourth-order valence-corrected chi connectivity index (χ4v) is 2.23. The third-order valence-electron chi connectivity index (χ3n) is 3.00. The molecule has 3 rings (SSSR count). The first kappa shape index (κ1) is 12.8. The van der Waals surface area contributed by atoms with E-state index < -0.39 is 5.97 Å². The molecule has 0 fully saturated rings. The van der Waals surface area contributed by atoms with Gasteiger partial charge >= 0.3 is 5.97 Å². The van der Waals surface area contributed by atoms with Gasteiger partial charge in [0.15, 0.2) is 5.65 Å². The molecular weight excluding hydrogens is 322 g/mol. The van der Waals surface area contributed by atoms with Crippen LogP contribution in [0.2, 0.25) is 0 Å². The van der Waals surface area contributed by atoms with Crippen molar-refractivity contribution in [2.75, 3.05) is 0 Å². The predicted octanol–water partition coefficient (Wildman–Crippen LogP) is 2.78. The number of carboxylic acids is 1. The maximum absolute atomic E-state index is 11.0. The van der Waals surface area contributed by atoms with Gasteiger partial charge in [-0.3, -0.25) is 4.40 Å². The summed E-state index contributed by atoms with van der Waals surface area (Å²) in [6.07, 6.45) is 2.14. The number of hydrogen-bond donors (Lipinski definition) is 1. The largest absolute Gasteiger partial charge is 0.478 e. The lowest BCUT2D eigenvalue weighted by Gasteiger charge is -2.02. The van der Waals surface area contributed by atoms with Gasteiger partial charge in [0.05, 0.1) is 5.56 Å². The summed E-state index contributed by atoms with van der Waals surface area (Å²) in [6, 6.07) is 11.1. The molecule has 5 nitrogen and oxygen atoms in total. The first-order valence-electron chi connectivity index (χ1n) is 5.95. The number of aromatic carboxylic acids is 1. The number of rotatable bonds is 3. The van der Waals surface area contributed by atoms with E-state index in [1.807, 2.05) is 24.3 Å². The molecule has 0 bridgehead atoms. The van der Waals surface area contributed by atoms with Crippen LogP contribution in [0.3, 0.4) is 0 Å². The van der Waals surface area contributed by atoms with Gasteiger partial charge < -0.3 is 5.11 Å². The van der Waals surface area contributed by atoms with Crippen molar-refractivity contribution < 1.29 is 9.90 Å². The van der Waals surface area contributed by atoms with Crippen molar-refractivity contribution in [3.8, 4) is 0 Å². The van der Waals surface area contributed by atoms with Gasteiger partial charge in [0.2, 0.25) is 0 Å². The van der Waals surface area contributed by atoms with E-state index in [2.05, 4.69) is 26.1 Å². The van der Waals surface area contributed by atoms with E-state index in [9.17, 15) is 4.79 Å². The molecule has 2 heterocycles. The van der Waals surface area contributed by atoms with Crippen molar-refractivity contribution in [2.45, 2.75) is 6.42 Å². The van der Waals surface area contributed by atoms with Crippen molar-refractivity contribution in [1.82, 2.24) is 14.6 Å². The molecule has 100 valence electrons. The Morgan fingerprint density at radius 2 is 1.90 bits per heavy atom. The van der Waals surface area contributed by atoms with Gasteiger partial charge in [-0.1, -0.05) is 28.1 Å². The topological polar surface area (TPSA) is 67.5 Å². The van der Waals surface area contributed by atoms with Crippen LogP contribution in [-0.4, -0.2) is 25.7 Å². The highest BCUT2D eigenvalue weighted by molar-refractivity contribution is 9.10. The molecular formula is C14H10BrN3O2. The Labute approximate surface area is 123 Å². The van der Waals surface area contributed by atoms with Gasteiger partial charge in [-0.25, -0.2) is 4.79 Å². The third kappa shape index (κ3) is 2.42. The number of hydrogen-bond acceptors (Lipinski definition) is 3. The van der Waals surface area contributed by atoms with E-state index in [0.29, 0.717) is 17.9 Å². The second kappa shape index (κ2) is 5.05. The monoisotopic (exact) mass is 331 g/mol. The van der Waals surface area contributed by atoms with Crippen LogP contribution in [0.5, 0.6) is 0 Å². The summed E-state index contributed by atoms with van der Waals surface area (Å²) < 4.78 is 2.73. The summed E-state index contributed by atoms with van der Waals surface area (Å²) in [4.78, 5) is 11.0. The number of carboxylic acid groups (broad SMARTS) is 1. The van der Waals surface area contributed by atoms with Gasteiger partial charge in [0, 0.05) is 17.1 Å². The summed E-state index contributed by atoms with van der Waals surface area (Å²) in [5.41, 5.74) is 1.94. The number of nitrogens with zero attached hydrogens (tertiary/aromatic N) is 3. The van der Waals surface area contributed by atoms with Crippen LogP contribution in [0, 0.1) is 0 Å². The molecule has 1 aromatic carbocycles. The highest BCUT2D eigenvalue weighted by Gasteiger charge is 2.09. The fraction of sp³-hybridized carbons (Fsp3) is 0.0714. The van der Waals surface area contributed by atoms with E-state index in [1.54, 1.807) is 16.7 Å². The summed E-state index contributed by atoms with van der Waals surface area (Å²) in [6.45, 7) is 0. The molecule has 0 aliphatic carbocycles. The van der Waals surface area contributed by atoms with Crippen LogP contribution in [0.25, 0.3) is 5.65 Å². The minimum absolute atomic E-state index is 0.217. The molecule has 0 spiro atoms. The second-order valence-corrected chi connectivity index (χ2v) is 5.29. The average molecular weight is 332 g/mol. The second-order valence-electron chi connectivity index (χ2n) is 4.37. The number of fused-ring (bicyclic) bond motifs is 1. The number of carbonyl (C=O) groups is 1. The quantitative estimate of drug-likeness (QED) is 0.801. The van der Waals surface area contributed by atoms with Gasteiger partial charge in [-0.2, -0.15) is 0 Å². The first-order chi connectivity index (χ1) is 9.63. The lowest BCUT2D eigenvalue weighted by atomic mass is 10.1. The Morgan fingerprint density at radius 3 is 2.60 bits per heavy atom. The van der Waals surface area contributed by atoms with Crippen molar-refractivity contribution in [3.05, 3.63) is 64.0 Å². The minimum atomic E-state index is -0.963. The van der Waals surface area contributed by atoms with Crippen molar-refractivity contribution in [3.63, 3.8) is 0 Å². The van der Waals surface area contributed by atoms with Crippen LogP contribution in [0.15, 0.2) is 47.1 Å². The predicted molar refractivity (Wildman–Crippen MR) is 76.9 cm³/mol. The molecule has 0 unspecified atom stereocenters. The molecule has 1 N–H and O–H groups in total. The first-order valence-corrected chi connectivity index (χ1v) is 6.74. The lowest BCUT2D eigenvalue weighted by Crippen LogP contribution is -2.01. The Balaban J connectivity index is 2.00. The molecule has 20 heavy (non-hydrogen) atoms. The Bertz CT molecular complexity index is 781. The van der Waals surface area contributed by atoms with Crippen LogP contribution in [0.1, 0.15) is 21.7 Å². The number of pyridine rings is 1. The molecule has 0 atom stereocenters. The van der Waals surface area contributed by atoms with Crippen LogP contribution in [0.4, 0.5) is 0 Å². The Kier molecular flexibility index (Phi) is 3.23. The van der Waals surface area contributed by atoms with E-state index in [0.717, 1.165) is 10.0 Å². The van der Waals surface area contributed by atoms with Crippen molar-refractivity contribution in [2.24, 2.45) is 0 Å². The van der Waals surface area contributed by atoms with Crippen molar-refractivity contribution in [1.29, 1.82) is 0 Å². The average Bonchev–Trinajstić information content (AvgIpc) is 2.84. The maximum Gasteiger partial charge on any atom is 0.337 e. The smallest absolute Gasteiger partial charge is 0.337 e. The summed E-state index contributed by atoms with van der Waals surface area (Å²) in [5, 5.41) is 17.2. The van der Waals surface area contributed by atoms with E-state index in [4.69, 9.17) is 5.11 Å². The van der Waals surface area contributed by atoms with Gasteiger partial charge in [0.1, 0.15) is 5.82 Å². The zero-order chi connectivity index (χ0) is 14.1. The van der Waals surface area contributed by atoms with E-state index in [-0.39, 0.29) is 5.56 Å². The number of halogens is 1. The Hall–Kier alpha value is -2.21. The molecule has 0 radical (unpaired) electrons. The zero-order valence-corrected chi connectivity index (χ0v) is 11.9. The fourth-order valence-electron chi connectivity index (χ4n) is 1.97. The van der Waals surface area contributed by atoms with Gasteiger partial charge in [-0.15, -0.1) is 10.2 Å². The van der Waals surface area contributed by atoms with Crippen LogP contribution >= 0.6 is 15.9 Å². The molecule has 0 saturated carbocycles. The summed E-state index contributed by atoms with van der Waals surface area (Å²) in [7, 11) is 0. The molecule has 0 aliphatic heterocycles. The van der Waals surface area contributed by atoms with Gasteiger partial charge in [0.25, 0.3) is 0 Å². The number of aromatic nitrogens is 3. The third-order valence-corrected chi connectivity index (χ3v) is 3.52. The zero-order valence-electron chi connectivity index (χ0n) is 10.3. The molecule has 2 aromatic heterocycles.